The Kier molecular flexibility index (Phi) is 6.60. The molecule has 4 aromatic carbocycles. The van der Waals surface area contributed by atoms with Crippen LogP contribution in [0.25, 0.3) is 11.4 Å². The van der Waals surface area contributed by atoms with Gasteiger partial charge in [-0.05, 0) is 42.0 Å². The average molecular weight is 604 g/mol. The summed E-state index contributed by atoms with van der Waals surface area (Å²) in [4.78, 5) is 24.4. The number of nitrogens with one attached hydrogen (secondary N) is 1. The number of aromatic amines is 1. The monoisotopic (exact) mass is 603 g/mol. The highest BCUT2D eigenvalue weighted by Gasteiger charge is 2.73. The molecule has 0 saturated heterocycles. The fourth-order valence-corrected chi connectivity index (χ4v) is 6.88. The second kappa shape index (κ2) is 10.4. The van der Waals surface area contributed by atoms with Gasteiger partial charge in [-0.3, -0.25) is 4.79 Å². The number of aromatic nitrogens is 2. The van der Waals surface area contributed by atoms with Crippen LogP contribution >= 0.6 is 0 Å². The molecule has 1 aromatic heterocycles. The van der Waals surface area contributed by atoms with E-state index in [4.69, 9.17) is 23.9 Å². The first-order valence-electron chi connectivity index (χ1n) is 14.6. The van der Waals surface area contributed by atoms with Gasteiger partial charge in [0.15, 0.2) is 11.2 Å². The summed E-state index contributed by atoms with van der Waals surface area (Å²) in [6.45, 7) is 0. The zero-order valence-electron chi connectivity index (χ0n) is 25.6. The van der Waals surface area contributed by atoms with Gasteiger partial charge in [0.2, 0.25) is 0 Å². The summed E-state index contributed by atoms with van der Waals surface area (Å²) in [5.41, 5.74) is 0.105. The largest absolute Gasteiger partial charge is 0.497 e. The van der Waals surface area contributed by atoms with Crippen LogP contribution in [0, 0.1) is 0 Å². The summed E-state index contributed by atoms with van der Waals surface area (Å²) < 4.78 is 23.9. The molecule has 5 aromatic rings. The second-order valence-electron chi connectivity index (χ2n) is 11.4. The first-order chi connectivity index (χ1) is 21.8. The van der Waals surface area contributed by atoms with Gasteiger partial charge in [0.05, 0.1) is 44.1 Å². The zero-order valence-corrected chi connectivity index (χ0v) is 25.6. The third-order valence-electron chi connectivity index (χ3n) is 8.97. The molecular formula is C36H33N3O6. The molecule has 1 aliphatic carbocycles. The SMILES string of the molecule is COc1ccc([C@@]23Oc4cc(OC)cc(OC)c4C2(O)c2nc(-c4ccc(N(C)C)cc4)[nH]c(=O)c2[C@H]3c2ccccc2)cc1. The van der Waals surface area contributed by atoms with Gasteiger partial charge in [-0.2, -0.15) is 0 Å². The quantitative estimate of drug-likeness (QED) is 0.262. The lowest BCUT2D eigenvalue weighted by Crippen LogP contribution is -2.49. The van der Waals surface area contributed by atoms with E-state index in [0.29, 0.717) is 51.1 Å². The summed E-state index contributed by atoms with van der Waals surface area (Å²) in [7, 11) is 8.60. The van der Waals surface area contributed by atoms with E-state index in [1.807, 2.05) is 97.9 Å². The van der Waals surface area contributed by atoms with E-state index >= 15 is 0 Å². The molecule has 45 heavy (non-hydrogen) atoms. The van der Waals surface area contributed by atoms with Crippen LogP contribution in [-0.4, -0.2) is 50.5 Å². The third kappa shape index (κ3) is 3.97. The molecule has 0 bridgehead atoms. The van der Waals surface area contributed by atoms with Gasteiger partial charge in [0.1, 0.15) is 28.8 Å². The molecular weight excluding hydrogens is 570 g/mol. The maximum absolute atomic E-state index is 14.3. The molecule has 0 radical (unpaired) electrons. The van der Waals surface area contributed by atoms with Crippen molar-refractivity contribution in [2.75, 3.05) is 40.3 Å². The van der Waals surface area contributed by atoms with Crippen molar-refractivity contribution in [3.63, 3.8) is 0 Å². The molecule has 0 spiro atoms. The number of anilines is 1. The lowest BCUT2D eigenvalue weighted by Gasteiger charge is -2.40. The summed E-state index contributed by atoms with van der Waals surface area (Å²) in [6.07, 6.45) is 0. The number of ether oxygens (including phenoxy) is 4. The first-order valence-corrected chi connectivity index (χ1v) is 14.6. The molecule has 9 heteroatoms. The van der Waals surface area contributed by atoms with Crippen molar-refractivity contribution in [3.05, 3.63) is 129 Å². The number of H-pyrrole nitrogens is 1. The van der Waals surface area contributed by atoms with E-state index in [1.165, 1.54) is 7.11 Å². The summed E-state index contributed by atoms with van der Waals surface area (Å²) in [6, 6.07) is 28.1. The lowest BCUT2D eigenvalue weighted by molar-refractivity contribution is -0.0909. The van der Waals surface area contributed by atoms with E-state index in [1.54, 1.807) is 26.4 Å². The van der Waals surface area contributed by atoms with Gasteiger partial charge in [-0.25, -0.2) is 4.98 Å². The normalized spacial score (nSPS) is 20.9. The van der Waals surface area contributed by atoms with Crippen LogP contribution in [0.15, 0.2) is 95.8 Å². The van der Waals surface area contributed by atoms with Gasteiger partial charge in [-0.15, -0.1) is 0 Å². The minimum Gasteiger partial charge on any atom is -0.497 e. The Hall–Kier alpha value is -5.28. The van der Waals surface area contributed by atoms with E-state index in [9.17, 15) is 9.90 Å². The molecule has 1 unspecified atom stereocenters. The van der Waals surface area contributed by atoms with Gasteiger partial charge < -0.3 is 33.9 Å². The van der Waals surface area contributed by atoms with Gasteiger partial charge >= 0.3 is 0 Å². The van der Waals surface area contributed by atoms with Crippen LogP contribution in [0.2, 0.25) is 0 Å². The Morgan fingerprint density at radius 1 is 0.867 bits per heavy atom. The number of hydrogen-bond donors (Lipinski definition) is 2. The number of benzene rings is 4. The van der Waals surface area contributed by atoms with Crippen molar-refractivity contribution in [1.29, 1.82) is 0 Å². The minimum atomic E-state index is -1.96. The van der Waals surface area contributed by atoms with Crippen LogP contribution in [-0.2, 0) is 11.2 Å². The molecule has 228 valence electrons. The smallest absolute Gasteiger partial charge is 0.255 e. The standard InChI is InChI=1S/C36H33N3O6/c1-39(2)24-15-11-22(12-16-24)33-37-32-29(34(40)38-33)30(21-9-7-6-8-10-21)36(23-13-17-25(42-3)18-14-23)35(32,41)31-27(44-5)19-26(43-4)20-28(31)45-36/h6-20,30,41H,1-5H3,(H,37,38,40)/t30-,35?,36+/m1/s1. The molecule has 2 heterocycles. The predicted molar refractivity (Wildman–Crippen MR) is 171 cm³/mol. The predicted octanol–water partition coefficient (Wildman–Crippen LogP) is 5.20. The lowest BCUT2D eigenvalue weighted by atomic mass is 9.70. The Balaban J connectivity index is 1.59. The molecule has 0 saturated carbocycles. The third-order valence-corrected chi connectivity index (χ3v) is 8.97. The molecule has 3 atom stereocenters. The summed E-state index contributed by atoms with van der Waals surface area (Å²) >= 11 is 0. The van der Waals surface area contributed by atoms with Gasteiger partial charge in [0, 0.05) is 43.0 Å². The summed E-state index contributed by atoms with van der Waals surface area (Å²) in [5, 5.41) is 13.5. The number of fused-ring (bicyclic) bond motifs is 5. The molecule has 1 aliphatic heterocycles. The van der Waals surface area contributed by atoms with Crippen LogP contribution in [0.5, 0.6) is 23.0 Å². The highest BCUT2D eigenvalue weighted by atomic mass is 16.5. The average Bonchev–Trinajstić information content (AvgIpc) is 3.47. The van der Waals surface area contributed by atoms with Crippen LogP contribution in [0.1, 0.15) is 33.9 Å². The van der Waals surface area contributed by atoms with Crippen molar-refractivity contribution in [2.24, 2.45) is 0 Å². The van der Waals surface area contributed by atoms with Crippen LogP contribution in [0.4, 0.5) is 5.69 Å². The molecule has 0 fully saturated rings. The van der Waals surface area contributed by atoms with Gasteiger partial charge in [-0.1, -0.05) is 42.5 Å². The number of hydrogen-bond acceptors (Lipinski definition) is 8. The number of rotatable bonds is 7. The number of aliphatic hydroxyl groups is 1. The Labute approximate surface area is 260 Å². The summed E-state index contributed by atoms with van der Waals surface area (Å²) in [5.74, 6) is 1.42. The van der Waals surface area contributed by atoms with Crippen molar-refractivity contribution in [1.82, 2.24) is 9.97 Å². The maximum atomic E-state index is 14.3. The first kappa shape index (κ1) is 28.5. The second-order valence-corrected chi connectivity index (χ2v) is 11.4. The van der Waals surface area contributed by atoms with Crippen LogP contribution < -0.4 is 29.4 Å². The topological polar surface area (TPSA) is 106 Å². The zero-order chi connectivity index (χ0) is 31.5. The minimum absolute atomic E-state index is 0.199. The van der Waals surface area contributed by atoms with Gasteiger partial charge in [0.25, 0.3) is 5.56 Å². The number of methoxy groups -OCH3 is 3. The van der Waals surface area contributed by atoms with E-state index in [0.717, 1.165) is 11.3 Å². The van der Waals surface area contributed by atoms with Crippen molar-refractivity contribution < 1.29 is 24.1 Å². The molecule has 2 aliphatic rings. The van der Waals surface area contributed by atoms with Crippen molar-refractivity contribution >= 4 is 5.69 Å². The van der Waals surface area contributed by atoms with Crippen molar-refractivity contribution in [3.8, 4) is 34.4 Å². The van der Waals surface area contributed by atoms with E-state index in [-0.39, 0.29) is 11.3 Å². The van der Waals surface area contributed by atoms with Crippen LogP contribution in [0.3, 0.4) is 0 Å². The van der Waals surface area contributed by atoms with E-state index < -0.39 is 17.1 Å². The highest BCUT2D eigenvalue weighted by Crippen LogP contribution is 2.69. The molecule has 7 rings (SSSR count). The Morgan fingerprint density at radius 3 is 2.18 bits per heavy atom. The van der Waals surface area contributed by atoms with E-state index in [2.05, 4.69) is 4.98 Å². The highest BCUT2D eigenvalue weighted by molar-refractivity contribution is 5.70. The fraction of sp³-hybridized carbons (Fsp3) is 0.222. The molecule has 9 nitrogen and oxygen atoms in total. The maximum Gasteiger partial charge on any atom is 0.255 e. The van der Waals surface area contributed by atoms with Crippen molar-refractivity contribution in [2.45, 2.75) is 17.1 Å². The fourth-order valence-electron chi connectivity index (χ4n) is 6.88. The Morgan fingerprint density at radius 2 is 1.56 bits per heavy atom. The number of nitrogens with zero attached hydrogens (tertiary/aromatic N) is 2. The molecule has 2 N–H and O–H groups in total. The molecule has 0 amide bonds. The Bertz CT molecular complexity index is 1960.